The molecule has 1 saturated carbocycles. The van der Waals surface area contributed by atoms with Crippen molar-refractivity contribution in [2.45, 2.75) is 25.3 Å². The van der Waals surface area contributed by atoms with Crippen LogP contribution in [-0.2, 0) is 11.2 Å². The lowest BCUT2D eigenvalue weighted by molar-refractivity contribution is -0.304. The van der Waals surface area contributed by atoms with Crippen LogP contribution in [0.4, 0.5) is 5.82 Å². The molecule has 0 atom stereocenters. The Hall–Kier alpha value is -2.38. The molecule has 3 heterocycles. The number of carbonyl (C=O) groups excluding carboxylic acids is 1. The fourth-order valence-corrected chi connectivity index (χ4v) is 3.78. The number of hydrogen-bond donors (Lipinski definition) is 0. The van der Waals surface area contributed by atoms with Crippen molar-refractivity contribution >= 4 is 34.7 Å². The molecule has 6 nitrogen and oxygen atoms in total. The molecule has 0 amide bonds. The van der Waals surface area contributed by atoms with Crippen molar-refractivity contribution in [3.05, 3.63) is 40.5 Å². The first kappa shape index (κ1) is 17.1. The number of oxazole rings is 1. The van der Waals surface area contributed by atoms with E-state index in [0.29, 0.717) is 33.3 Å². The van der Waals surface area contributed by atoms with Gasteiger partial charge < -0.3 is 19.2 Å². The number of carboxylic acid groups (broad SMARTS) is 1. The first-order valence-corrected chi connectivity index (χ1v) is 9.35. The average Bonchev–Trinajstić information content (AvgIpc) is 3.26. The fraction of sp³-hybridized carbons (Fsp3) is 0.278. The molecule has 1 fully saturated rings. The highest BCUT2D eigenvalue weighted by Crippen LogP contribution is 2.36. The summed E-state index contributed by atoms with van der Waals surface area (Å²) in [6.45, 7) is 0. The molecule has 0 N–H and O–H groups in total. The second-order valence-corrected chi connectivity index (χ2v) is 7.91. The van der Waals surface area contributed by atoms with Crippen molar-refractivity contribution in [1.82, 2.24) is 9.97 Å². The molecule has 0 spiro atoms. The van der Waals surface area contributed by atoms with Gasteiger partial charge in [0.25, 0.3) is 0 Å². The first-order chi connectivity index (χ1) is 12.5. The van der Waals surface area contributed by atoms with Crippen LogP contribution in [0.3, 0.4) is 0 Å². The van der Waals surface area contributed by atoms with E-state index in [1.807, 2.05) is 19.2 Å². The van der Waals surface area contributed by atoms with E-state index in [2.05, 4.69) is 14.9 Å². The molecule has 1 aliphatic carbocycles. The van der Waals surface area contributed by atoms with Crippen LogP contribution in [0.15, 0.2) is 34.9 Å². The smallest absolute Gasteiger partial charge is 0.228 e. The van der Waals surface area contributed by atoms with Crippen LogP contribution in [0, 0.1) is 0 Å². The Kier molecular flexibility index (Phi) is 4.42. The highest BCUT2D eigenvalue weighted by Gasteiger charge is 2.27. The van der Waals surface area contributed by atoms with Gasteiger partial charge in [0.05, 0.1) is 20.5 Å². The van der Waals surface area contributed by atoms with Gasteiger partial charge in [0.15, 0.2) is 5.76 Å². The molecule has 26 heavy (non-hydrogen) atoms. The summed E-state index contributed by atoms with van der Waals surface area (Å²) in [5, 5.41) is 11.1. The first-order valence-electron chi connectivity index (χ1n) is 8.16. The highest BCUT2D eigenvalue weighted by atomic mass is 35.5. The summed E-state index contributed by atoms with van der Waals surface area (Å²) < 4.78 is 6.45. The Morgan fingerprint density at radius 3 is 2.77 bits per heavy atom. The topological polar surface area (TPSA) is 82.3 Å². The molecule has 0 radical (unpaired) electrons. The zero-order valence-corrected chi connectivity index (χ0v) is 15.5. The van der Waals surface area contributed by atoms with Crippen LogP contribution in [0.1, 0.15) is 18.5 Å². The predicted octanol–water partition coefficient (Wildman–Crippen LogP) is 3.01. The van der Waals surface area contributed by atoms with Gasteiger partial charge in [-0.1, -0.05) is 11.6 Å². The number of aliphatic carboxylic acids is 1. The molecule has 8 heteroatoms. The maximum atomic E-state index is 11.1. The van der Waals surface area contributed by atoms with Crippen molar-refractivity contribution in [1.29, 1.82) is 0 Å². The minimum absolute atomic E-state index is 0.317. The quantitative estimate of drug-likeness (QED) is 0.645. The normalized spacial score (nSPS) is 13.8. The van der Waals surface area contributed by atoms with Crippen LogP contribution in [0.25, 0.3) is 22.1 Å². The molecule has 134 valence electrons. The molecule has 3 aromatic heterocycles. The summed E-state index contributed by atoms with van der Waals surface area (Å²) >= 11 is 7.29. The molecule has 0 saturated heterocycles. The number of hydrogen-bond acceptors (Lipinski definition) is 7. The van der Waals surface area contributed by atoms with E-state index in [4.69, 9.17) is 16.0 Å². The van der Waals surface area contributed by atoms with E-state index >= 15 is 0 Å². The van der Waals surface area contributed by atoms with Crippen LogP contribution >= 0.6 is 22.9 Å². The molecule has 1 aliphatic rings. The monoisotopic (exact) mass is 388 g/mol. The SMILES string of the molecule is CN(c1ccc(-c2nc(CC(=O)[O-])c(-c3ccc(Cl)s3)o2)cn1)C1CC1. The van der Waals surface area contributed by atoms with Crippen molar-refractivity contribution in [3.63, 3.8) is 0 Å². The van der Waals surface area contributed by atoms with Crippen LogP contribution in [-0.4, -0.2) is 29.0 Å². The molecule has 4 rings (SSSR count). The Bertz CT molecular complexity index is 947. The Morgan fingerprint density at radius 2 is 2.19 bits per heavy atom. The molecule has 0 unspecified atom stereocenters. The second-order valence-electron chi connectivity index (χ2n) is 6.19. The maximum Gasteiger partial charge on any atom is 0.228 e. The molecule has 0 bridgehead atoms. The van der Waals surface area contributed by atoms with Gasteiger partial charge in [-0.25, -0.2) is 9.97 Å². The summed E-state index contributed by atoms with van der Waals surface area (Å²) in [7, 11) is 2.03. The molecular weight excluding hydrogens is 374 g/mol. The standard InChI is InChI=1S/C18H16ClN3O3S/c1-22(11-3-4-11)15-7-2-10(9-20-15)18-21-12(8-16(23)24)17(25-18)13-5-6-14(19)26-13/h2,5-7,9,11H,3-4,8H2,1H3,(H,23,24)/p-1. The molecule has 0 aliphatic heterocycles. The summed E-state index contributed by atoms with van der Waals surface area (Å²) in [4.78, 5) is 22.8. The van der Waals surface area contributed by atoms with Crippen molar-refractivity contribution in [2.75, 3.05) is 11.9 Å². The van der Waals surface area contributed by atoms with E-state index < -0.39 is 5.97 Å². The van der Waals surface area contributed by atoms with E-state index in [-0.39, 0.29) is 6.42 Å². The Morgan fingerprint density at radius 1 is 1.38 bits per heavy atom. The number of nitrogens with zero attached hydrogens (tertiary/aromatic N) is 3. The zero-order valence-electron chi connectivity index (χ0n) is 13.9. The van der Waals surface area contributed by atoms with Crippen LogP contribution in [0.2, 0.25) is 4.34 Å². The van der Waals surface area contributed by atoms with Gasteiger partial charge in [0, 0.05) is 31.7 Å². The third-order valence-corrected chi connectivity index (χ3v) is 5.49. The third kappa shape index (κ3) is 3.45. The number of pyridine rings is 1. The van der Waals surface area contributed by atoms with Gasteiger partial charge in [-0.3, -0.25) is 0 Å². The Labute approximate surface area is 159 Å². The summed E-state index contributed by atoms with van der Waals surface area (Å²) in [6.07, 6.45) is 3.75. The minimum Gasteiger partial charge on any atom is -0.550 e. The lowest BCUT2D eigenvalue weighted by Gasteiger charge is -2.16. The van der Waals surface area contributed by atoms with Crippen molar-refractivity contribution in [3.8, 4) is 22.1 Å². The molecule has 0 aromatic carbocycles. The third-order valence-electron chi connectivity index (χ3n) is 4.26. The summed E-state index contributed by atoms with van der Waals surface area (Å²) in [6, 6.07) is 7.87. The van der Waals surface area contributed by atoms with E-state index in [0.717, 1.165) is 10.7 Å². The largest absolute Gasteiger partial charge is 0.550 e. The lowest BCUT2D eigenvalue weighted by Crippen LogP contribution is -2.24. The number of carbonyl (C=O) groups is 1. The number of aromatic nitrogens is 2. The van der Waals surface area contributed by atoms with E-state index in [9.17, 15) is 9.90 Å². The number of halogens is 1. The number of rotatable bonds is 6. The Balaban J connectivity index is 1.67. The molecule has 3 aromatic rings. The van der Waals surface area contributed by atoms with Crippen LogP contribution in [0.5, 0.6) is 0 Å². The van der Waals surface area contributed by atoms with Gasteiger partial charge in [-0.05, 0) is 37.1 Å². The van der Waals surface area contributed by atoms with Gasteiger partial charge in [-0.2, -0.15) is 0 Å². The predicted molar refractivity (Wildman–Crippen MR) is 98.2 cm³/mol. The number of thiophene rings is 1. The van der Waals surface area contributed by atoms with Crippen molar-refractivity contribution in [2.24, 2.45) is 0 Å². The minimum atomic E-state index is -1.21. The van der Waals surface area contributed by atoms with E-state index in [1.54, 1.807) is 18.3 Å². The molecular formula is C18H15ClN3O3S-. The van der Waals surface area contributed by atoms with E-state index in [1.165, 1.54) is 24.2 Å². The lowest BCUT2D eigenvalue weighted by atomic mass is 10.2. The number of anilines is 1. The fourth-order valence-electron chi connectivity index (χ4n) is 2.73. The van der Waals surface area contributed by atoms with Crippen molar-refractivity contribution < 1.29 is 14.3 Å². The highest BCUT2D eigenvalue weighted by molar-refractivity contribution is 7.19. The van der Waals surface area contributed by atoms with Gasteiger partial charge >= 0.3 is 0 Å². The van der Waals surface area contributed by atoms with Gasteiger partial charge in [0.1, 0.15) is 5.82 Å². The maximum absolute atomic E-state index is 11.1. The average molecular weight is 389 g/mol. The van der Waals surface area contributed by atoms with Crippen LogP contribution < -0.4 is 10.0 Å². The zero-order chi connectivity index (χ0) is 18.3. The summed E-state index contributed by atoms with van der Waals surface area (Å²) in [5.41, 5.74) is 1.00. The number of carboxylic acids is 1. The summed E-state index contributed by atoms with van der Waals surface area (Å²) in [5.74, 6) is 0.408. The van der Waals surface area contributed by atoms with Gasteiger partial charge in [-0.15, -0.1) is 11.3 Å². The second kappa shape index (κ2) is 6.74. The van der Waals surface area contributed by atoms with Gasteiger partial charge in [0.2, 0.25) is 5.89 Å².